The van der Waals surface area contributed by atoms with Crippen LogP contribution in [0.4, 0.5) is 0 Å². The van der Waals surface area contributed by atoms with Gasteiger partial charge < -0.3 is 9.67 Å². The summed E-state index contributed by atoms with van der Waals surface area (Å²) >= 11 is 0. The third-order valence-corrected chi connectivity index (χ3v) is 3.33. The lowest BCUT2D eigenvalue weighted by atomic mass is 9.99. The minimum Gasteiger partial charge on any atom is -0.481 e. The third-order valence-electron chi connectivity index (χ3n) is 3.33. The highest BCUT2D eigenvalue weighted by Crippen LogP contribution is 2.26. The molecule has 2 rings (SSSR count). The van der Waals surface area contributed by atoms with Crippen molar-refractivity contribution in [2.24, 2.45) is 5.92 Å². The Bertz CT molecular complexity index is 398. The molecule has 4 nitrogen and oxygen atoms in total. The van der Waals surface area contributed by atoms with Crippen LogP contribution in [0.1, 0.15) is 44.1 Å². The highest BCUT2D eigenvalue weighted by atomic mass is 16.4. The van der Waals surface area contributed by atoms with E-state index in [1.807, 2.05) is 13.1 Å². The Morgan fingerprint density at radius 2 is 2.50 bits per heavy atom. The lowest BCUT2D eigenvalue weighted by molar-refractivity contribution is -0.137. The SMILES string of the molecule is CC1CCn2c(C(C)CC(=O)O)cnc2C1. The monoisotopic (exact) mass is 222 g/mol. The van der Waals surface area contributed by atoms with Crippen LogP contribution in [0.5, 0.6) is 0 Å². The molecule has 1 aromatic rings. The van der Waals surface area contributed by atoms with Crippen molar-refractivity contribution in [3.63, 3.8) is 0 Å². The van der Waals surface area contributed by atoms with Crippen molar-refractivity contribution in [3.8, 4) is 0 Å². The molecule has 88 valence electrons. The first-order valence-corrected chi connectivity index (χ1v) is 5.84. The molecule has 1 aromatic heterocycles. The number of fused-ring (bicyclic) bond motifs is 1. The van der Waals surface area contributed by atoms with Gasteiger partial charge in [0.05, 0.1) is 6.42 Å². The van der Waals surface area contributed by atoms with Crippen molar-refractivity contribution in [2.75, 3.05) is 0 Å². The molecule has 0 aromatic carbocycles. The smallest absolute Gasteiger partial charge is 0.304 e. The summed E-state index contributed by atoms with van der Waals surface area (Å²) in [4.78, 5) is 15.1. The van der Waals surface area contributed by atoms with E-state index in [1.54, 1.807) is 0 Å². The van der Waals surface area contributed by atoms with Crippen LogP contribution in [0.15, 0.2) is 6.20 Å². The second-order valence-electron chi connectivity index (χ2n) is 4.85. The second kappa shape index (κ2) is 4.28. The molecule has 0 saturated heterocycles. The number of carboxylic acids is 1. The zero-order valence-electron chi connectivity index (χ0n) is 9.81. The molecule has 2 unspecified atom stereocenters. The largest absolute Gasteiger partial charge is 0.481 e. The Balaban J connectivity index is 2.20. The Kier molecular flexibility index (Phi) is 2.99. The van der Waals surface area contributed by atoms with E-state index < -0.39 is 5.97 Å². The maximum absolute atomic E-state index is 10.7. The quantitative estimate of drug-likeness (QED) is 0.851. The standard InChI is InChI=1S/C12H18N2O2/c1-8-3-4-14-10(7-13-11(14)5-8)9(2)6-12(15)16/h7-9H,3-6H2,1-2H3,(H,15,16). The van der Waals surface area contributed by atoms with E-state index in [1.165, 1.54) is 0 Å². The summed E-state index contributed by atoms with van der Waals surface area (Å²) in [6, 6.07) is 0. The van der Waals surface area contributed by atoms with Crippen molar-refractivity contribution in [1.29, 1.82) is 0 Å². The number of hydrogen-bond donors (Lipinski definition) is 1. The fourth-order valence-corrected chi connectivity index (χ4v) is 2.37. The molecule has 0 radical (unpaired) electrons. The summed E-state index contributed by atoms with van der Waals surface area (Å²) < 4.78 is 2.20. The minimum atomic E-state index is -0.743. The number of rotatable bonds is 3. The Labute approximate surface area is 95.3 Å². The van der Waals surface area contributed by atoms with Crippen molar-refractivity contribution in [1.82, 2.24) is 9.55 Å². The van der Waals surface area contributed by atoms with Gasteiger partial charge in [-0.05, 0) is 12.3 Å². The van der Waals surface area contributed by atoms with Crippen LogP contribution >= 0.6 is 0 Å². The molecule has 2 heterocycles. The van der Waals surface area contributed by atoms with Crippen molar-refractivity contribution in [3.05, 3.63) is 17.7 Å². The molecule has 1 N–H and O–H groups in total. The maximum Gasteiger partial charge on any atom is 0.304 e. The van der Waals surface area contributed by atoms with Gasteiger partial charge in [0.2, 0.25) is 0 Å². The van der Waals surface area contributed by atoms with Gasteiger partial charge in [0, 0.05) is 30.8 Å². The fraction of sp³-hybridized carbons (Fsp3) is 0.667. The summed E-state index contributed by atoms with van der Waals surface area (Å²) in [5.74, 6) is 1.11. The van der Waals surface area contributed by atoms with E-state index in [0.717, 1.165) is 30.9 Å². The van der Waals surface area contributed by atoms with Crippen molar-refractivity contribution in [2.45, 2.75) is 45.6 Å². The highest BCUT2D eigenvalue weighted by Gasteiger charge is 2.22. The average molecular weight is 222 g/mol. The van der Waals surface area contributed by atoms with E-state index in [2.05, 4.69) is 16.5 Å². The van der Waals surface area contributed by atoms with E-state index in [9.17, 15) is 4.79 Å². The van der Waals surface area contributed by atoms with Crippen molar-refractivity contribution < 1.29 is 9.90 Å². The topological polar surface area (TPSA) is 55.1 Å². The number of hydrogen-bond acceptors (Lipinski definition) is 2. The summed E-state index contributed by atoms with van der Waals surface area (Å²) in [6.45, 7) is 5.17. The molecule has 2 atom stereocenters. The maximum atomic E-state index is 10.7. The summed E-state index contributed by atoms with van der Waals surface area (Å²) in [7, 11) is 0. The fourth-order valence-electron chi connectivity index (χ4n) is 2.37. The van der Waals surface area contributed by atoms with Crippen LogP contribution in [-0.4, -0.2) is 20.6 Å². The van der Waals surface area contributed by atoms with Gasteiger partial charge in [-0.15, -0.1) is 0 Å². The Hall–Kier alpha value is -1.32. The zero-order chi connectivity index (χ0) is 11.7. The van der Waals surface area contributed by atoms with E-state index in [-0.39, 0.29) is 12.3 Å². The molecule has 0 spiro atoms. The molecule has 0 amide bonds. The molecule has 16 heavy (non-hydrogen) atoms. The molecular weight excluding hydrogens is 204 g/mol. The zero-order valence-corrected chi connectivity index (χ0v) is 9.81. The third kappa shape index (κ3) is 2.10. The van der Waals surface area contributed by atoms with Gasteiger partial charge in [-0.1, -0.05) is 13.8 Å². The number of nitrogens with zero attached hydrogens (tertiary/aromatic N) is 2. The van der Waals surface area contributed by atoms with Gasteiger partial charge in [-0.25, -0.2) is 4.98 Å². The molecular formula is C12H18N2O2. The van der Waals surface area contributed by atoms with Gasteiger partial charge in [0.1, 0.15) is 5.82 Å². The summed E-state index contributed by atoms with van der Waals surface area (Å²) in [5.41, 5.74) is 1.07. The van der Waals surface area contributed by atoms with Crippen LogP contribution in [0.3, 0.4) is 0 Å². The first kappa shape index (κ1) is 11.2. The molecule has 0 aliphatic carbocycles. The summed E-state index contributed by atoms with van der Waals surface area (Å²) in [6.07, 6.45) is 4.21. The van der Waals surface area contributed by atoms with E-state index in [0.29, 0.717) is 5.92 Å². The van der Waals surface area contributed by atoms with Crippen LogP contribution in [0, 0.1) is 5.92 Å². The first-order valence-electron chi connectivity index (χ1n) is 5.84. The Morgan fingerprint density at radius 1 is 1.75 bits per heavy atom. The molecule has 0 saturated carbocycles. The van der Waals surface area contributed by atoms with Crippen LogP contribution in [0.2, 0.25) is 0 Å². The van der Waals surface area contributed by atoms with Gasteiger partial charge in [0.15, 0.2) is 0 Å². The van der Waals surface area contributed by atoms with Gasteiger partial charge >= 0.3 is 5.97 Å². The van der Waals surface area contributed by atoms with Crippen LogP contribution in [-0.2, 0) is 17.8 Å². The lowest BCUT2D eigenvalue weighted by Gasteiger charge is -2.23. The predicted octanol–water partition coefficient (Wildman–Crippen LogP) is 2.04. The molecule has 4 heteroatoms. The van der Waals surface area contributed by atoms with Gasteiger partial charge in [-0.3, -0.25) is 4.79 Å². The Morgan fingerprint density at radius 3 is 3.19 bits per heavy atom. The minimum absolute atomic E-state index is 0.0483. The van der Waals surface area contributed by atoms with Crippen molar-refractivity contribution >= 4 is 5.97 Å². The normalized spacial score (nSPS) is 21.5. The van der Waals surface area contributed by atoms with Gasteiger partial charge in [-0.2, -0.15) is 0 Å². The number of aromatic nitrogens is 2. The average Bonchev–Trinajstić information content (AvgIpc) is 2.59. The summed E-state index contributed by atoms with van der Waals surface area (Å²) in [5, 5.41) is 8.80. The van der Waals surface area contributed by atoms with E-state index >= 15 is 0 Å². The predicted molar refractivity (Wildman–Crippen MR) is 60.4 cm³/mol. The molecule has 1 aliphatic rings. The van der Waals surface area contributed by atoms with Crippen LogP contribution < -0.4 is 0 Å². The van der Waals surface area contributed by atoms with Gasteiger partial charge in [0.25, 0.3) is 0 Å². The second-order valence-corrected chi connectivity index (χ2v) is 4.85. The molecule has 1 aliphatic heterocycles. The molecule has 0 bridgehead atoms. The number of carboxylic acid groups (broad SMARTS) is 1. The number of carbonyl (C=O) groups is 1. The lowest BCUT2D eigenvalue weighted by Crippen LogP contribution is -2.20. The molecule has 0 fully saturated rings. The number of aliphatic carboxylic acids is 1. The number of imidazole rings is 1. The highest BCUT2D eigenvalue weighted by molar-refractivity contribution is 5.67. The first-order chi connectivity index (χ1) is 7.58. The van der Waals surface area contributed by atoms with E-state index in [4.69, 9.17) is 5.11 Å². The van der Waals surface area contributed by atoms with Crippen LogP contribution in [0.25, 0.3) is 0 Å².